The van der Waals surface area contributed by atoms with Crippen molar-refractivity contribution >= 4 is 22.8 Å². The van der Waals surface area contributed by atoms with Crippen molar-refractivity contribution in [2.75, 3.05) is 12.3 Å². The fourth-order valence-electron chi connectivity index (χ4n) is 1.42. The van der Waals surface area contributed by atoms with Crippen molar-refractivity contribution in [2.24, 2.45) is 10.9 Å². The van der Waals surface area contributed by atoms with E-state index in [4.69, 9.17) is 0 Å². The van der Waals surface area contributed by atoms with E-state index < -0.39 is 0 Å². The predicted octanol–water partition coefficient (Wildman–Crippen LogP) is 2.37. The van der Waals surface area contributed by atoms with Crippen LogP contribution in [0.2, 0.25) is 0 Å². The third kappa shape index (κ3) is 3.86. The largest absolute Gasteiger partial charge is 0.291 e. The van der Waals surface area contributed by atoms with Gasteiger partial charge in [-0.1, -0.05) is 25.6 Å². The summed E-state index contributed by atoms with van der Waals surface area (Å²) in [6.07, 6.45) is 0.623. The standard InChI is InChI=1S/C11H20N2OS/c1-8(2)7-10(14)13-5-6-15-11(13)12-9(3)4/h8-9H,5-7H2,1-4H3. The van der Waals surface area contributed by atoms with Crippen LogP contribution < -0.4 is 0 Å². The maximum atomic E-state index is 11.9. The number of rotatable bonds is 3. The summed E-state index contributed by atoms with van der Waals surface area (Å²) in [4.78, 5) is 18.2. The molecule has 1 saturated heterocycles. The van der Waals surface area contributed by atoms with Gasteiger partial charge < -0.3 is 0 Å². The van der Waals surface area contributed by atoms with Gasteiger partial charge in [0.1, 0.15) is 0 Å². The van der Waals surface area contributed by atoms with E-state index in [2.05, 4.69) is 18.8 Å². The molecule has 0 atom stereocenters. The monoisotopic (exact) mass is 228 g/mol. The molecule has 1 rings (SSSR count). The van der Waals surface area contributed by atoms with Crippen LogP contribution in [0.25, 0.3) is 0 Å². The molecule has 0 unspecified atom stereocenters. The Bertz CT molecular complexity index is 261. The van der Waals surface area contributed by atoms with Gasteiger partial charge in [-0.2, -0.15) is 0 Å². The number of amidine groups is 1. The average molecular weight is 228 g/mol. The number of thioether (sulfide) groups is 1. The van der Waals surface area contributed by atoms with Gasteiger partial charge in [-0.3, -0.25) is 14.7 Å². The van der Waals surface area contributed by atoms with Crippen LogP contribution in [0.4, 0.5) is 0 Å². The minimum absolute atomic E-state index is 0.217. The third-order valence-electron chi connectivity index (χ3n) is 2.03. The van der Waals surface area contributed by atoms with Gasteiger partial charge in [0.15, 0.2) is 5.17 Å². The Hall–Kier alpha value is -0.510. The molecule has 0 aromatic carbocycles. The zero-order valence-electron chi connectivity index (χ0n) is 9.99. The number of aliphatic imine (C=N–C) groups is 1. The Morgan fingerprint density at radius 2 is 2.13 bits per heavy atom. The molecular weight excluding hydrogens is 208 g/mol. The summed E-state index contributed by atoms with van der Waals surface area (Å²) in [5.74, 6) is 1.62. The second kappa shape index (κ2) is 5.54. The van der Waals surface area contributed by atoms with Gasteiger partial charge in [0, 0.05) is 24.8 Å². The van der Waals surface area contributed by atoms with Gasteiger partial charge in [-0.25, -0.2) is 0 Å². The van der Waals surface area contributed by atoms with E-state index in [-0.39, 0.29) is 11.9 Å². The van der Waals surface area contributed by atoms with Crippen LogP contribution in [-0.2, 0) is 4.79 Å². The molecule has 0 N–H and O–H groups in total. The van der Waals surface area contributed by atoms with Gasteiger partial charge in [-0.05, 0) is 19.8 Å². The lowest BCUT2D eigenvalue weighted by Crippen LogP contribution is -2.32. The number of amides is 1. The number of carbonyl (C=O) groups is 1. The molecule has 0 bridgehead atoms. The lowest BCUT2D eigenvalue weighted by Gasteiger charge is -2.17. The molecule has 0 radical (unpaired) electrons. The Morgan fingerprint density at radius 3 is 2.67 bits per heavy atom. The molecule has 86 valence electrons. The molecule has 1 aliphatic heterocycles. The number of carbonyl (C=O) groups excluding carboxylic acids is 1. The van der Waals surface area contributed by atoms with Crippen molar-refractivity contribution in [3.05, 3.63) is 0 Å². The highest BCUT2D eigenvalue weighted by Gasteiger charge is 2.25. The summed E-state index contributed by atoms with van der Waals surface area (Å²) in [5.41, 5.74) is 0. The van der Waals surface area contributed by atoms with Crippen molar-refractivity contribution in [1.29, 1.82) is 0 Å². The van der Waals surface area contributed by atoms with Crippen molar-refractivity contribution in [2.45, 2.75) is 40.2 Å². The first-order valence-corrected chi connectivity index (χ1v) is 6.50. The Kier molecular flexibility index (Phi) is 4.64. The van der Waals surface area contributed by atoms with Crippen LogP contribution in [0.15, 0.2) is 4.99 Å². The summed E-state index contributed by atoms with van der Waals surface area (Å²) in [6, 6.07) is 0.264. The molecule has 1 amide bonds. The minimum atomic E-state index is 0.217. The summed E-state index contributed by atoms with van der Waals surface area (Å²) < 4.78 is 0. The van der Waals surface area contributed by atoms with Crippen molar-refractivity contribution < 1.29 is 4.79 Å². The summed E-state index contributed by atoms with van der Waals surface area (Å²) in [5, 5.41) is 0.913. The molecule has 0 aromatic heterocycles. The van der Waals surface area contributed by atoms with E-state index in [9.17, 15) is 4.79 Å². The van der Waals surface area contributed by atoms with Crippen LogP contribution in [0.1, 0.15) is 34.1 Å². The second-order valence-electron chi connectivity index (χ2n) is 4.50. The van der Waals surface area contributed by atoms with Crippen LogP contribution in [0.3, 0.4) is 0 Å². The summed E-state index contributed by atoms with van der Waals surface area (Å²) in [6.45, 7) is 9.04. The predicted molar refractivity (Wildman–Crippen MR) is 66.2 cm³/mol. The molecule has 0 aliphatic carbocycles. The molecule has 0 spiro atoms. The van der Waals surface area contributed by atoms with E-state index in [1.165, 1.54) is 0 Å². The van der Waals surface area contributed by atoms with E-state index in [1.807, 2.05) is 18.7 Å². The van der Waals surface area contributed by atoms with Crippen LogP contribution in [-0.4, -0.2) is 34.3 Å². The molecule has 1 heterocycles. The Labute approximate surface area is 96.3 Å². The Morgan fingerprint density at radius 1 is 1.47 bits per heavy atom. The zero-order chi connectivity index (χ0) is 11.4. The van der Waals surface area contributed by atoms with Gasteiger partial charge in [-0.15, -0.1) is 0 Å². The highest BCUT2D eigenvalue weighted by atomic mass is 32.2. The first-order chi connectivity index (χ1) is 7.00. The maximum Gasteiger partial charge on any atom is 0.228 e. The normalized spacial score (nSPS) is 19.6. The molecule has 15 heavy (non-hydrogen) atoms. The smallest absolute Gasteiger partial charge is 0.228 e. The van der Waals surface area contributed by atoms with Crippen molar-refractivity contribution in [3.8, 4) is 0 Å². The number of hydrogen-bond donors (Lipinski definition) is 0. The summed E-state index contributed by atoms with van der Waals surface area (Å²) >= 11 is 1.69. The summed E-state index contributed by atoms with van der Waals surface area (Å²) in [7, 11) is 0. The quantitative estimate of drug-likeness (QED) is 0.743. The van der Waals surface area contributed by atoms with Gasteiger partial charge in [0.05, 0.1) is 0 Å². The van der Waals surface area contributed by atoms with Gasteiger partial charge in [0.2, 0.25) is 5.91 Å². The first kappa shape index (κ1) is 12.6. The topological polar surface area (TPSA) is 32.7 Å². The highest BCUT2D eigenvalue weighted by Crippen LogP contribution is 2.20. The fourth-order valence-corrected chi connectivity index (χ4v) is 2.51. The highest BCUT2D eigenvalue weighted by molar-refractivity contribution is 8.14. The van der Waals surface area contributed by atoms with Crippen LogP contribution in [0, 0.1) is 5.92 Å². The first-order valence-electron chi connectivity index (χ1n) is 5.51. The number of nitrogens with zero attached hydrogens (tertiary/aromatic N) is 2. The van der Waals surface area contributed by atoms with Crippen LogP contribution >= 0.6 is 11.8 Å². The van der Waals surface area contributed by atoms with E-state index >= 15 is 0 Å². The van der Waals surface area contributed by atoms with E-state index in [1.54, 1.807) is 11.8 Å². The second-order valence-corrected chi connectivity index (χ2v) is 5.56. The lowest BCUT2D eigenvalue weighted by atomic mass is 10.1. The van der Waals surface area contributed by atoms with Gasteiger partial charge >= 0.3 is 0 Å². The molecule has 0 saturated carbocycles. The Balaban J connectivity index is 2.64. The zero-order valence-corrected chi connectivity index (χ0v) is 10.8. The van der Waals surface area contributed by atoms with E-state index in [0.717, 1.165) is 17.5 Å². The average Bonchev–Trinajstić information content (AvgIpc) is 2.49. The molecule has 1 aliphatic rings. The van der Waals surface area contributed by atoms with Gasteiger partial charge in [0.25, 0.3) is 0 Å². The molecule has 0 aromatic rings. The van der Waals surface area contributed by atoms with Crippen LogP contribution in [0.5, 0.6) is 0 Å². The van der Waals surface area contributed by atoms with E-state index in [0.29, 0.717) is 12.3 Å². The molecular formula is C11H20N2OS. The third-order valence-corrected chi connectivity index (χ3v) is 3.00. The maximum absolute atomic E-state index is 11.9. The number of hydrogen-bond acceptors (Lipinski definition) is 3. The van der Waals surface area contributed by atoms with Crippen molar-refractivity contribution in [1.82, 2.24) is 4.90 Å². The molecule has 4 heteroatoms. The molecule has 1 fully saturated rings. The minimum Gasteiger partial charge on any atom is -0.291 e. The fraction of sp³-hybridized carbons (Fsp3) is 0.818. The molecule has 3 nitrogen and oxygen atoms in total. The lowest BCUT2D eigenvalue weighted by molar-refractivity contribution is -0.127. The SMILES string of the molecule is CC(C)CC(=O)N1CCSC1=NC(C)C. The van der Waals surface area contributed by atoms with Crippen molar-refractivity contribution in [3.63, 3.8) is 0 Å².